The van der Waals surface area contributed by atoms with Crippen molar-refractivity contribution in [3.05, 3.63) is 51.9 Å². The number of aryl methyl sites for hydroxylation is 1. The van der Waals surface area contributed by atoms with Crippen LogP contribution in [0.4, 0.5) is 0 Å². The number of hydrogen-bond acceptors (Lipinski definition) is 3. The van der Waals surface area contributed by atoms with Crippen molar-refractivity contribution in [3.63, 3.8) is 0 Å². The summed E-state index contributed by atoms with van der Waals surface area (Å²) in [6.45, 7) is 2.04. The third-order valence-corrected chi connectivity index (χ3v) is 2.86. The van der Waals surface area contributed by atoms with E-state index in [1.165, 1.54) is 6.07 Å². The molecule has 94 valence electrons. The Hall–Kier alpha value is -1.75. The van der Waals surface area contributed by atoms with E-state index in [1.807, 2.05) is 6.07 Å². The Morgan fingerprint density at radius 3 is 2.72 bits per heavy atom. The van der Waals surface area contributed by atoms with Crippen molar-refractivity contribution in [1.82, 2.24) is 0 Å². The van der Waals surface area contributed by atoms with Crippen LogP contribution >= 0.6 is 15.9 Å². The molecule has 0 amide bonds. The molecule has 0 fully saturated rings. The first-order valence-electron chi connectivity index (χ1n) is 5.27. The van der Waals surface area contributed by atoms with Crippen LogP contribution in [0.3, 0.4) is 0 Å². The first-order valence-corrected chi connectivity index (χ1v) is 6.06. The van der Waals surface area contributed by atoms with Crippen LogP contribution in [0.2, 0.25) is 0 Å². The molecule has 0 bridgehead atoms. The summed E-state index contributed by atoms with van der Waals surface area (Å²) >= 11 is 3.21. The lowest BCUT2D eigenvalue weighted by atomic mass is 10.1. The lowest BCUT2D eigenvalue weighted by molar-refractivity contribution is 0.0696. The molecule has 0 atom stereocenters. The van der Waals surface area contributed by atoms with Gasteiger partial charge in [-0.3, -0.25) is 0 Å². The van der Waals surface area contributed by atoms with Gasteiger partial charge in [-0.05, 0) is 58.7 Å². The molecule has 18 heavy (non-hydrogen) atoms. The Morgan fingerprint density at radius 1 is 1.39 bits per heavy atom. The van der Waals surface area contributed by atoms with E-state index in [4.69, 9.17) is 14.3 Å². The molecule has 1 heterocycles. The number of carboxylic acids is 1. The maximum absolute atomic E-state index is 10.9. The fourth-order valence-electron chi connectivity index (χ4n) is 1.55. The van der Waals surface area contributed by atoms with E-state index in [9.17, 15) is 4.79 Å². The van der Waals surface area contributed by atoms with Gasteiger partial charge in [-0.2, -0.15) is 0 Å². The SMILES string of the molecule is Cc1cc(OCc2ccc(Br)o2)ccc1C(=O)O. The van der Waals surface area contributed by atoms with Gasteiger partial charge < -0.3 is 14.3 Å². The Labute approximate surface area is 112 Å². The number of hydrogen-bond donors (Lipinski definition) is 1. The number of ether oxygens (including phenoxy) is 1. The topological polar surface area (TPSA) is 59.7 Å². The summed E-state index contributed by atoms with van der Waals surface area (Å²) in [7, 11) is 0. The van der Waals surface area contributed by atoms with Gasteiger partial charge >= 0.3 is 5.97 Å². The molecule has 0 unspecified atom stereocenters. The first-order chi connectivity index (χ1) is 8.56. The summed E-state index contributed by atoms with van der Waals surface area (Å²) in [4.78, 5) is 10.9. The molecule has 5 heteroatoms. The average Bonchev–Trinajstić information content (AvgIpc) is 2.72. The Kier molecular flexibility index (Phi) is 3.72. The monoisotopic (exact) mass is 310 g/mol. The van der Waals surface area contributed by atoms with Crippen molar-refractivity contribution >= 4 is 21.9 Å². The molecule has 4 nitrogen and oxygen atoms in total. The van der Waals surface area contributed by atoms with Crippen LogP contribution in [0.1, 0.15) is 21.7 Å². The van der Waals surface area contributed by atoms with Crippen molar-refractivity contribution < 1.29 is 19.1 Å². The van der Waals surface area contributed by atoms with E-state index in [0.717, 1.165) is 0 Å². The van der Waals surface area contributed by atoms with Crippen LogP contribution in [0.25, 0.3) is 0 Å². The molecule has 0 saturated carbocycles. The zero-order valence-electron chi connectivity index (χ0n) is 9.64. The van der Waals surface area contributed by atoms with Crippen LogP contribution in [0.15, 0.2) is 39.4 Å². The van der Waals surface area contributed by atoms with Gasteiger partial charge in [0.25, 0.3) is 0 Å². The minimum atomic E-state index is -0.936. The van der Waals surface area contributed by atoms with E-state index in [2.05, 4.69) is 15.9 Å². The number of benzene rings is 1. The highest BCUT2D eigenvalue weighted by Gasteiger charge is 2.08. The van der Waals surface area contributed by atoms with Crippen molar-refractivity contribution in [2.75, 3.05) is 0 Å². The maximum Gasteiger partial charge on any atom is 0.335 e. The lowest BCUT2D eigenvalue weighted by Crippen LogP contribution is -2.00. The molecule has 1 aromatic carbocycles. The molecule has 1 N–H and O–H groups in total. The number of rotatable bonds is 4. The van der Waals surface area contributed by atoms with Gasteiger partial charge in [0.05, 0.1) is 5.56 Å². The summed E-state index contributed by atoms with van der Waals surface area (Å²) in [5.74, 6) is 0.376. The van der Waals surface area contributed by atoms with Crippen LogP contribution in [0.5, 0.6) is 5.75 Å². The third kappa shape index (κ3) is 2.92. The molecule has 0 aliphatic carbocycles. The van der Waals surface area contributed by atoms with Crippen LogP contribution in [-0.4, -0.2) is 11.1 Å². The normalized spacial score (nSPS) is 10.3. The van der Waals surface area contributed by atoms with Crippen molar-refractivity contribution in [2.24, 2.45) is 0 Å². The first kappa shape index (κ1) is 12.7. The standard InChI is InChI=1S/C13H11BrO4/c1-8-6-9(2-4-11(8)13(15)16)17-7-10-3-5-12(14)18-10/h2-6H,7H2,1H3,(H,15,16). The van der Waals surface area contributed by atoms with E-state index < -0.39 is 5.97 Å². The van der Waals surface area contributed by atoms with Gasteiger partial charge in [-0.25, -0.2) is 4.79 Å². The highest BCUT2D eigenvalue weighted by Crippen LogP contribution is 2.20. The van der Waals surface area contributed by atoms with Gasteiger partial charge in [-0.1, -0.05) is 0 Å². The maximum atomic E-state index is 10.9. The summed E-state index contributed by atoms with van der Waals surface area (Å²) in [6.07, 6.45) is 0. The second-order valence-corrected chi connectivity index (χ2v) is 4.56. The molecular weight excluding hydrogens is 300 g/mol. The minimum absolute atomic E-state index is 0.281. The number of carbonyl (C=O) groups is 1. The molecule has 0 aliphatic heterocycles. The van der Waals surface area contributed by atoms with Crippen LogP contribution in [-0.2, 0) is 6.61 Å². The molecule has 0 spiro atoms. The van der Waals surface area contributed by atoms with Crippen molar-refractivity contribution in [1.29, 1.82) is 0 Å². The summed E-state index contributed by atoms with van der Waals surface area (Å²) < 4.78 is 11.5. The number of halogens is 1. The Bertz CT molecular complexity index is 574. The summed E-state index contributed by atoms with van der Waals surface area (Å²) in [6, 6.07) is 8.46. The molecule has 1 aromatic heterocycles. The van der Waals surface area contributed by atoms with Crippen molar-refractivity contribution in [3.8, 4) is 5.75 Å². The Balaban J connectivity index is 2.06. The van der Waals surface area contributed by atoms with Gasteiger partial charge in [0.1, 0.15) is 18.1 Å². The molecule has 0 radical (unpaired) electrons. The largest absolute Gasteiger partial charge is 0.486 e. The van der Waals surface area contributed by atoms with E-state index in [-0.39, 0.29) is 5.56 Å². The van der Waals surface area contributed by atoms with Gasteiger partial charge in [0.2, 0.25) is 0 Å². The van der Waals surface area contributed by atoms with Crippen LogP contribution in [0, 0.1) is 6.92 Å². The smallest absolute Gasteiger partial charge is 0.335 e. The predicted octanol–water partition coefficient (Wildman–Crippen LogP) is 3.63. The zero-order chi connectivity index (χ0) is 13.1. The average molecular weight is 311 g/mol. The zero-order valence-corrected chi connectivity index (χ0v) is 11.2. The fraction of sp³-hybridized carbons (Fsp3) is 0.154. The van der Waals surface area contributed by atoms with Gasteiger partial charge in [0.15, 0.2) is 4.67 Å². The molecule has 2 rings (SSSR count). The predicted molar refractivity (Wildman–Crippen MR) is 68.9 cm³/mol. The Morgan fingerprint density at radius 2 is 2.17 bits per heavy atom. The second kappa shape index (κ2) is 5.27. The quantitative estimate of drug-likeness (QED) is 0.936. The minimum Gasteiger partial charge on any atom is -0.486 e. The van der Waals surface area contributed by atoms with E-state index in [0.29, 0.717) is 28.3 Å². The molecule has 0 saturated heterocycles. The summed E-state index contributed by atoms with van der Waals surface area (Å²) in [5.41, 5.74) is 0.948. The fourth-order valence-corrected chi connectivity index (χ4v) is 1.89. The lowest BCUT2D eigenvalue weighted by Gasteiger charge is -2.06. The number of carboxylic acid groups (broad SMARTS) is 1. The molecule has 0 aliphatic rings. The highest BCUT2D eigenvalue weighted by molar-refractivity contribution is 9.10. The second-order valence-electron chi connectivity index (χ2n) is 3.78. The number of aromatic carboxylic acids is 1. The molecule has 2 aromatic rings. The third-order valence-electron chi connectivity index (χ3n) is 2.44. The van der Waals surface area contributed by atoms with Gasteiger partial charge in [-0.15, -0.1) is 0 Å². The molecular formula is C13H11BrO4. The summed E-state index contributed by atoms with van der Waals surface area (Å²) in [5, 5.41) is 8.91. The highest BCUT2D eigenvalue weighted by atomic mass is 79.9. The van der Waals surface area contributed by atoms with Gasteiger partial charge in [0, 0.05) is 0 Å². The van der Waals surface area contributed by atoms with Crippen LogP contribution < -0.4 is 4.74 Å². The number of furan rings is 1. The van der Waals surface area contributed by atoms with Crippen molar-refractivity contribution in [2.45, 2.75) is 13.5 Å². The van der Waals surface area contributed by atoms with E-state index >= 15 is 0 Å². The van der Waals surface area contributed by atoms with E-state index in [1.54, 1.807) is 25.1 Å².